The number of ether oxygens (including phenoxy) is 1. The van der Waals surface area contributed by atoms with Gasteiger partial charge >= 0.3 is 156 Å². The molecule has 26 heavy (non-hydrogen) atoms. The summed E-state index contributed by atoms with van der Waals surface area (Å²) in [5, 5.41) is 16.6. The number of nitrogens with zero attached hydrogens (tertiary/aromatic N) is 1. The van der Waals surface area contributed by atoms with E-state index < -0.39 is 4.92 Å². The average molecular weight is 417 g/mol. The number of carbonyl (C=O) groups excluding carboxylic acids is 1. The molecule has 1 aliphatic rings. The third-order valence-electron chi connectivity index (χ3n) is 3.49. The standard InChI is InChI=1S/C18H16N3O4Se/c1-2-25-14-7-3-12(4-8-14)11-16-17(22)20-18(19-16)26-15-9-5-13(6-10-15)21(23)24/h3-11,19H,2H2,1H3,(H,20,22). The van der Waals surface area contributed by atoms with Crippen molar-refractivity contribution in [3.63, 3.8) is 0 Å². The van der Waals surface area contributed by atoms with Gasteiger partial charge in [-0.1, -0.05) is 0 Å². The number of benzene rings is 2. The molecule has 2 aromatic rings. The van der Waals surface area contributed by atoms with Gasteiger partial charge in [0.05, 0.1) is 0 Å². The van der Waals surface area contributed by atoms with E-state index in [4.69, 9.17) is 4.74 Å². The molecule has 1 amide bonds. The van der Waals surface area contributed by atoms with E-state index in [1.807, 2.05) is 31.2 Å². The fraction of sp³-hybridized carbons (Fsp3) is 0.111. The first-order chi connectivity index (χ1) is 12.5. The Morgan fingerprint density at radius 3 is 2.42 bits per heavy atom. The van der Waals surface area contributed by atoms with Crippen LogP contribution in [0.2, 0.25) is 0 Å². The molecule has 8 heteroatoms. The maximum atomic E-state index is 12.1. The normalized spacial score (nSPS) is 16.4. The van der Waals surface area contributed by atoms with Crippen LogP contribution in [0.15, 0.2) is 54.2 Å². The zero-order valence-electron chi connectivity index (χ0n) is 13.9. The van der Waals surface area contributed by atoms with Crippen LogP contribution in [0.3, 0.4) is 0 Å². The number of non-ortho nitro benzene ring substituents is 1. The van der Waals surface area contributed by atoms with Crippen LogP contribution >= 0.6 is 0 Å². The minimum absolute atomic E-state index is 0.0500. The first-order valence-electron chi connectivity index (χ1n) is 7.87. The van der Waals surface area contributed by atoms with Crippen LogP contribution in [0, 0.1) is 10.1 Å². The Morgan fingerprint density at radius 1 is 1.12 bits per heavy atom. The Morgan fingerprint density at radius 2 is 1.81 bits per heavy atom. The van der Waals surface area contributed by atoms with Gasteiger partial charge in [-0.2, -0.15) is 0 Å². The number of hydrogen-bond donors (Lipinski definition) is 2. The Kier molecular flexibility index (Phi) is 5.46. The molecule has 1 fully saturated rings. The van der Waals surface area contributed by atoms with Crippen molar-refractivity contribution in [1.82, 2.24) is 10.6 Å². The summed E-state index contributed by atoms with van der Waals surface area (Å²) in [6.45, 7) is 2.53. The van der Waals surface area contributed by atoms with Gasteiger partial charge in [-0.05, 0) is 0 Å². The number of nitrogens with one attached hydrogen (secondary N) is 2. The van der Waals surface area contributed by atoms with E-state index in [0.29, 0.717) is 17.0 Å². The number of rotatable bonds is 5. The minimum atomic E-state index is -0.433. The topological polar surface area (TPSA) is 93.5 Å². The first kappa shape index (κ1) is 17.8. The maximum absolute atomic E-state index is 12.1. The second-order valence-corrected chi connectivity index (χ2v) is 7.60. The predicted octanol–water partition coefficient (Wildman–Crippen LogP) is 1.17. The molecule has 1 saturated heterocycles. The quantitative estimate of drug-likeness (QED) is 0.330. The molecule has 0 spiro atoms. The molecule has 3 rings (SSSR count). The molecule has 1 radical (unpaired) electrons. The van der Waals surface area contributed by atoms with Gasteiger partial charge in [0.25, 0.3) is 0 Å². The fourth-order valence-corrected chi connectivity index (χ4v) is 3.99. The summed E-state index contributed by atoms with van der Waals surface area (Å²) in [5.74, 6) is 0.588. The Balaban J connectivity index is 1.74. The molecule has 2 aromatic carbocycles. The van der Waals surface area contributed by atoms with Crippen molar-refractivity contribution >= 4 is 41.3 Å². The SMILES string of the molecule is CCOc1ccc(C=C2NC(=[Se]c3ccc([N+](=O)[O-])cc3)NC2=O)cc1. The Hall–Kier alpha value is -2.96. The van der Waals surface area contributed by atoms with Crippen LogP contribution in [0.5, 0.6) is 5.75 Å². The van der Waals surface area contributed by atoms with Crippen molar-refractivity contribution in [3.8, 4) is 5.75 Å². The van der Waals surface area contributed by atoms with Crippen LogP contribution in [0.4, 0.5) is 5.69 Å². The summed E-state index contributed by atoms with van der Waals surface area (Å²) in [7, 11) is 0. The van der Waals surface area contributed by atoms with Gasteiger partial charge in [0.2, 0.25) is 0 Å². The molecule has 0 aliphatic carbocycles. The molecule has 2 N–H and O–H groups in total. The number of nitro groups is 1. The van der Waals surface area contributed by atoms with Crippen LogP contribution in [0.25, 0.3) is 6.08 Å². The summed E-state index contributed by atoms with van der Waals surface area (Å²) in [5.41, 5.74) is 1.40. The molecule has 133 valence electrons. The molecule has 1 heterocycles. The Bertz CT molecular complexity index is 890. The summed E-state index contributed by atoms with van der Waals surface area (Å²) >= 11 is -0.181. The number of carbonyl (C=O) groups is 1. The van der Waals surface area contributed by atoms with Gasteiger partial charge in [0, 0.05) is 0 Å². The molecule has 0 unspecified atom stereocenters. The molecular formula is C18H16N3O4Se. The zero-order valence-corrected chi connectivity index (χ0v) is 15.6. The molecule has 7 nitrogen and oxygen atoms in total. The van der Waals surface area contributed by atoms with Gasteiger partial charge in [-0.3, -0.25) is 0 Å². The molecular weight excluding hydrogens is 401 g/mol. The van der Waals surface area contributed by atoms with Gasteiger partial charge in [0.1, 0.15) is 0 Å². The number of hydrogen-bond acceptors (Lipinski definition) is 5. The second-order valence-electron chi connectivity index (χ2n) is 5.32. The summed E-state index contributed by atoms with van der Waals surface area (Å²) in [4.78, 5) is 22.4. The van der Waals surface area contributed by atoms with Crippen LogP contribution in [-0.4, -0.2) is 36.6 Å². The van der Waals surface area contributed by atoms with Gasteiger partial charge in [-0.25, -0.2) is 0 Å². The summed E-state index contributed by atoms with van der Waals surface area (Å²) < 4.78 is 7.03. The monoisotopic (exact) mass is 418 g/mol. The average Bonchev–Trinajstić information content (AvgIpc) is 2.96. The van der Waals surface area contributed by atoms with Gasteiger partial charge in [0.15, 0.2) is 0 Å². The first-order valence-corrected chi connectivity index (χ1v) is 9.58. The van der Waals surface area contributed by atoms with Crippen molar-refractivity contribution in [2.24, 2.45) is 0 Å². The van der Waals surface area contributed by atoms with E-state index in [1.165, 1.54) is 12.1 Å². The van der Waals surface area contributed by atoms with Gasteiger partial charge in [-0.15, -0.1) is 0 Å². The molecule has 0 atom stereocenters. The fourth-order valence-electron chi connectivity index (χ4n) is 2.28. The van der Waals surface area contributed by atoms with Crippen LogP contribution < -0.4 is 19.8 Å². The van der Waals surface area contributed by atoms with Crippen molar-refractivity contribution in [2.75, 3.05) is 6.61 Å². The summed E-state index contributed by atoms with van der Waals surface area (Å²) in [6, 6.07) is 13.8. The van der Waals surface area contributed by atoms with Crippen molar-refractivity contribution < 1.29 is 14.5 Å². The van der Waals surface area contributed by atoms with Gasteiger partial charge < -0.3 is 0 Å². The van der Waals surface area contributed by atoms with Crippen molar-refractivity contribution in [1.29, 1.82) is 0 Å². The molecule has 0 saturated carbocycles. The van der Waals surface area contributed by atoms with Crippen molar-refractivity contribution in [2.45, 2.75) is 6.92 Å². The third-order valence-corrected chi connectivity index (χ3v) is 5.41. The van der Waals surface area contributed by atoms with E-state index in [2.05, 4.69) is 10.6 Å². The molecule has 1 aliphatic heterocycles. The van der Waals surface area contributed by atoms with E-state index in [9.17, 15) is 14.9 Å². The van der Waals surface area contributed by atoms with Crippen LogP contribution in [0.1, 0.15) is 12.5 Å². The summed E-state index contributed by atoms with van der Waals surface area (Å²) in [6.07, 6.45) is 1.77. The van der Waals surface area contributed by atoms with E-state index in [1.54, 1.807) is 18.2 Å². The van der Waals surface area contributed by atoms with E-state index in [-0.39, 0.29) is 26.1 Å². The predicted molar refractivity (Wildman–Crippen MR) is 100 cm³/mol. The van der Waals surface area contributed by atoms with Crippen molar-refractivity contribution in [3.05, 3.63) is 69.9 Å². The van der Waals surface area contributed by atoms with Crippen LogP contribution in [-0.2, 0) is 4.79 Å². The molecule has 0 bridgehead atoms. The van der Waals surface area contributed by atoms with E-state index in [0.717, 1.165) is 15.8 Å². The Labute approximate surface area is 155 Å². The number of amides is 1. The second kappa shape index (κ2) is 7.95. The van der Waals surface area contributed by atoms with E-state index >= 15 is 0 Å². The zero-order chi connectivity index (χ0) is 18.5. The number of nitro benzene ring substituents is 1. The third kappa shape index (κ3) is 4.36. The molecule has 0 aromatic heterocycles.